The fraction of sp³-hybridized carbons (Fsp3) is 0.533. The Morgan fingerprint density at radius 1 is 1.40 bits per heavy atom. The van der Waals surface area contributed by atoms with Crippen molar-refractivity contribution in [1.29, 1.82) is 0 Å². The van der Waals surface area contributed by atoms with Gasteiger partial charge in [-0.25, -0.2) is 0 Å². The third-order valence-corrected chi connectivity index (χ3v) is 5.34. The van der Waals surface area contributed by atoms with E-state index >= 15 is 0 Å². The quantitative estimate of drug-likeness (QED) is 0.887. The molecule has 0 bridgehead atoms. The number of aliphatic hydroxyl groups excluding tert-OH is 1. The lowest BCUT2D eigenvalue weighted by Crippen LogP contribution is -2.55. The molecule has 0 saturated carbocycles. The summed E-state index contributed by atoms with van der Waals surface area (Å²) in [7, 11) is 0. The molecule has 1 atom stereocenters. The molecule has 1 amide bonds. The number of amides is 1. The van der Waals surface area contributed by atoms with E-state index in [-0.39, 0.29) is 18.4 Å². The standard InChI is InChI=1S/C15H19NO3S/c17-10-15(5-7-19-8-6-15)16-14(18)12-9-20-13-4-2-1-3-11(12)13/h1-4,12,17H,5-10H2,(H,16,18). The van der Waals surface area contributed by atoms with Crippen LogP contribution in [-0.4, -0.2) is 42.1 Å². The zero-order valence-corrected chi connectivity index (χ0v) is 12.1. The minimum absolute atomic E-state index is 0.0242. The Labute approximate surface area is 122 Å². The van der Waals surface area contributed by atoms with E-state index in [2.05, 4.69) is 11.4 Å². The highest BCUT2D eigenvalue weighted by Gasteiger charge is 2.37. The Hall–Kier alpha value is -1.04. The molecule has 1 fully saturated rings. The minimum Gasteiger partial charge on any atom is -0.394 e. The molecule has 0 spiro atoms. The summed E-state index contributed by atoms with van der Waals surface area (Å²) in [5, 5.41) is 12.7. The molecule has 2 heterocycles. The van der Waals surface area contributed by atoms with Crippen LogP contribution >= 0.6 is 11.8 Å². The van der Waals surface area contributed by atoms with Crippen LogP contribution in [0.15, 0.2) is 29.2 Å². The van der Waals surface area contributed by atoms with E-state index in [1.165, 1.54) is 4.90 Å². The summed E-state index contributed by atoms with van der Waals surface area (Å²) in [5.41, 5.74) is 0.604. The summed E-state index contributed by atoms with van der Waals surface area (Å²) in [6.45, 7) is 1.16. The number of fused-ring (bicyclic) bond motifs is 1. The van der Waals surface area contributed by atoms with Gasteiger partial charge in [0.15, 0.2) is 0 Å². The summed E-state index contributed by atoms with van der Waals surface area (Å²) >= 11 is 1.72. The highest BCUT2D eigenvalue weighted by Crippen LogP contribution is 2.39. The molecule has 2 aliphatic rings. The third kappa shape index (κ3) is 2.57. The molecular weight excluding hydrogens is 274 g/mol. The number of ether oxygens (including phenoxy) is 1. The molecule has 1 unspecified atom stereocenters. The topological polar surface area (TPSA) is 58.6 Å². The van der Waals surface area contributed by atoms with Crippen molar-refractivity contribution in [3.8, 4) is 0 Å². The zero-order valence-electron chi connectivity index (χ0n) is 11.3. The van der Waals surface area contributed by atoms with Crippen molar-refractivity contribution in [2.75, 3.05) is 25.6 Å². The summed E-state index contributed by atoms with van der Waals surface area (Å²) in [6.07, 6.45) is 1.35. The van der Waals surface area contributed by atoms with Gasteiger partial charge in [-0.2, -0.15) is 0 Å². The third-order valence-electron chi connectivity index (χ3n) is 4.16. The number of carbonyl (C=O) groups excluding carboxylic acids is 1. The number of nitrogens with one attached hydrogen (secondary N) is 1. The van der Waals surface area contributed by atoms with Gasteiger partial charge in [-0.05, 0) is 24.5 Å². The largest absolute Gasteiger partial charge is 0.394 e. The van der Waals surface area contributed by atoms with E-state index in [0.29, 0.717) is 26.1 Å². The monoisotopic (exact) mass is 293 g/mol. The van der Waals surface area contributed by atoms with Crippen LogP contribution in [0.5, 0.6) is 0 Å². The fourth-order valence-electron chi connectivity index (χ4n) is 2.81. The number of hydrogen-bond donors (Lipinski definition) is 2. The van der Waals surface area contributed by atoms with Crippen molar-refractivity contribution in [1.82, 2.24) is 5.32 Å². The van der Waals surface area contributed by atoms with E-state index in [1.54, 1.807) is 11.8 Å². The SMILES string of the molecule is O=C(NC1(CO)CCOCC1)C1CSc2ccccc21. The van der Waals surface area contributed by atoms with Gasteiger partial charge in [-0.15, -0.1) is 11.8 Å². The molecule has 1 aromatic rings. The van der Waals surface area contributed by atoms with Gasteiger partial charge in [0.25, 0.3) is 0 Å². The van der Waals surface area contributed by atoms with Crippen molar-refractivity contribution in [3.63, 3.8) is 0 Å². The number of rotatable bonds is 3. The van der Waals surface area contributed by atoms with Crippen molar-refractivity contribution in [2.24, 2.45) is 0 Å². The molecule has 2 aliphatic heterocycles. The number of benzene rings is 1. The highest BCUT2D eigenvalue weighted by atomic mass is 32.2. The van der Waals surface area contributed by atoms with Crippen molar-refractivity contribution >= 4 is 17.7 Å². The highest BCUT2D eigenvalue weighted by molar-refractivity contribution is 7.99. The van der Waals surface area contributed by atoms with E-state index < -0.39 is 5.54 Å². The van der Waals surface area contributed by atoms with Gasteiger partial charge >= 0.3 is 0 Å². The predicted molar refractivity (Wildman–Crippen MR) is 77.9 cm³/mol. The Bertz CT molecular complexity index is 500. The van der Waals surface area contributed by atoms with Gasteiger partial charge in [-0.3, -0.25) is 4.79 Å². The van der Waals surface area contributed by atoms with Gasteiger partial charge in [0.2, 0.25) is 5.91 Å². The Balaban J connectivity index is 1.74. The van der Waals surface area contributed by atoms with Crippen molar-refractivity contribution < 1.29 is 14.6 Å². The van der Waals surface area contributed by atoms with Gasteiger partial charge < -0.3 is 15.2 Å². The molecule has 1 aromatic carbocycles. The minimum atomic E-state index is -0.502. The van der Waals surface area contributed by atoms with Crippen LogP contribution in [0, 0.1) is 0 Å². The van der Waals surface area contributed by atoms with Gasteiger partial charge in [-0.1, -0.05) is 18.2 Å². The number of hydrogen-bond acceptors (Lipinski definition) is 4. The van der Waals surface area contributed by atoms with E-state index in [1.807, 2.05) is 18.2 Å². The first-order chi connectivity index (χ1) is 9.74. The second-order valence-corrected chi connectivity index (χ2v) is 6.50. The van der Waals surface area contributed by atoms with Crippen LogP contribution in [0.2, 0.25) is 0 Å². The average Bonchev–Trinajstić information content (AvgIpc) is 2.92. The fourth-order valence-corrected chi connectivity index (χ4v) is 4.04. The second kappa shape index (κ2) is 5.76. The Kier molecular flexibility index (Phi) is 4.01. The smallest absolute Gasteiger partial charge is 0.228 e. The normalized spacial score (nSPS) is 24.1. The van der Waals surface area contributed by atoms with E-state index in [4.69, 9.17) is 4.74 Å². The number of carbonyl (C=O) groups is 1. The molecule has 4 nitrogen and oxygen atoms in total. The summed E-state index contributed by atoms with van der Waals surface area (Å²) in [5.74, 6) is 0.698. The molecule has 20 heavy (non-hydrogen) atoms. The lowest BCUT2D eigenvalue weighted by molar-refractivity contribution is -0.126. The van der Waals surface area contributed by atoms with Gasteiger partial charge in [0.1, 0.15) is 0 Å². The van der Waals surface area contributed by atoms with Crippen molar-refractivity contribution in [2.45, 2.75) is 29.2 Å². The Morgan fingerprint density at radius 3 is 2.90 bits per heavy atom. The first-order valence-corrected chi connectivity index (χ1v) is 7.95. The predicted octanol–water partition coefficient (Wildman–Crippen LogP) is 1.53. The average molecular weight is 293 g/mol. The molecular formula is C15H19NO3S. The van der Waals surface area contributed by atoms with E-state index in [9.17, 15) is 9.90 Å². The molecule has 5 heteroatoms. The molecule has 0 aliphatic carbocycles. The zero-order chi connectivity index (χ0) is 14.0. The summed E-state index contributed by atoms with van der Waals surface area (Å²) in [6, 6.07) is 8.06. The van der Waals surface area contributed by atoms with Gasteiger partial charge in [0.05, 0.1) is 18.1 Å². The maximum atomic E-state index is 12.6. The first kappa shape index (κ1) is 13.9. The van der Waals surface area contributed by atoms with Crippen LogP contribution in [-0.2, 0) is 9.53 Å². The molecule has 3 rings (SSSR count). The lowest BCUT2D eigenvalue weighted by Gasteiger charge is -2.37. The molecule has 0 radical (unpaired) electrons. The molecule has 0 aromatic heterocycles. The molecule has 2 N–H and O–H groups in total. The lowest BCUT2D eigenvalue weighted by atomic mass is 9.89. The van der Waals surface area contributed by atoms with Crippen LogP contribution in [0.4, 0.5) is 0 Å². The second-order valence-electron chi connectivity index (χ2n) is 5.44. The van der Waals surface area contributed by atoms with Crippen LogP contribution in [0.25, 0.3) is 0 Å². The van der Waals surface area contributed by atoms with Crippen LogP contribution < -0.4 is 5.32 Å². The van der Waals surface area contributed by atoms with Gasteiger partial charge in [0, 0.05) is 23.9 Å². The Morgan fingerprint density at radius 2 is 2.15 bits per heavy atom. The first-order valence-electron chi connectivity index (χ1n) is 6.96. The maximum Gasteiger partial charge on any atom is 0.228 e. The molecule has 1 saturated heterocycles. The molecule has 108 valence electrons. The summed E-state index contributed by atoms with van der Waals surface area (Å²) < 4.78 is 5.32. The van der Waals surface area contributed by atoms with Crippen molar-refractivity contribution in [3.05, 3.63) is 29.8 Å². The van der Waals surface area contributed by atoms with E-state index in [0.717, 1.165) is 11.3 Å². The number of aliphatic hydroxyl groups is 1. The summed E-state index contributed by atoms with van der Waals surface area (Å²) in [4.78, 5) is 13.8. The maximum absolute atomic E-state index is 12.6. The van der Waals surface area contributed by atoms with Crippen LogP contribution in [0.3, 0.4) is 0 Å². The van der Waals surface area contributed by atoms with Crippen LogP contribution in [0.1, 0.15) is 24.3 Å². The number of thioether (sulfide) groups is 1.